The second-order valence-corrected chi connectivity index (χ2v) is 2.68. The Morgan fingerprint density at radius 1 is 1.36 bits per heavy atom. The first-order chi connectivity index (χ1) is 6.75. The SMILES string of the molecule is O=c1nccc(-c2cncc(F)c2)[nH]1. The van der Waals surface area contributed by atoms with E-state index >= 15 is 0 Å². The zero-order valence-corrected chi connectivity index (χ0v) is 7.07. The van der Waals surface area contributed by atoms with E-state index in [2.05, 4.69) is 15.0 Å². The standard InChI is InChI=1S/C9H6FN3O/c10-7-3-6(4-11-5-7)8-1-2-12-9(14)13-8/h1-5H,(H,12,13,14). The van der Waals surface area contributed by atoms with E-state index in [-0.39, 0.29) is 0 Å². The average molecular weight is 191 g/mol. The topological polar surface area (TPSA) is 58.6 Å². The van der Waals surface area contributed by atoms with Gasteiger partial charge in [-0.2, -0.15) is 0 Å². The minimum Gasteiger partial charge on any atom is -0.305 e. The highest BCUT2D eigenvalue weighted by Gasteiger charge is 2.00. The quantitative estimate of drug-likeness (QED) is 0.730. The van der Waals surface area contributed by atoms with Gasteiger partial charge in [-0.05, 0) is 12.1 Å². The van der Waals surface area contributed by atoms with Crippen LogP contribution >= 0.6 is 0 Å². The summed E-state index contributed by atoms with van der Waals surface area (Å²) in [5.74, 6) is -0.444. The highest BCUT2D eigenvalue weighted by Crippen LogP contribution is 2.13. The van der Waals surface area contributed by atoms with Crippen molar-refractivity contribution in [3.05, 3.63) is 47.0 Å². The fourth-order valence-corrected chi connectivity index (χ4v) is 1.10. The van der Waals surface area contributed by atoms with E-state index in [1.165, 1.54) is 18.5 Å². The van der Waals surface area contributed by atoms with Crippen molar-refractivity contribution in [2.45, 2.75) is 0 Å². The van der Waals surface area contributed by atoms with Gasteiger partial charge in [-0.3, -0.25) is 4.98 Å². The number of aromatic nitrogens is 3. The summed E-state index contributed by atoms with van der Waals surface area (Å²) in [5.41, 5.74) is 0.549. The highest BCUT2D eigenvalue weighted by atomic mass is 19.1. The van der Waals surface area contributed by atoms with Crippen molar-refractivity contribution >= 4 is 0 Å². The third kappa shape index (κ3) is 1.66. The number of rotatable bonds is 1. The van der Waals surface area contributed by atoms with E-state index < -0.39 is 11.5 Å². The van der Waals surface area contributed by atoms with E-state index in [0.717, 1.165) is 6.20 Å². The number of pyridine rings is 1. The van der Waals surface area contributed by atoms with Crippen LogP contribution in [0.15, 0.2) is 35.5 Å². The van der Waals surface area contributed by atoms with Gasteiger partial charge in [-0.1, -0.05) is 0 Å². The summed E-state index contributed by atoms with van der Waals surface area (Å²) < 4.78 is 12.8. The molecular weight excluding hydrogens is 185 g/mol. The van der Waals surface area contributed by atoms with E-state index in [9.17, 15) is 9.18 Å². The number of nitrogens with one attached hydrogen (secondary N) is 1. The molecule has 5 heteroatoms. The Bertz CT molecular complexity index is 509. The Hall–Kier alpha value is -2.04. The summed E-state index contributed by atoms with van der Waals surface area (Å²) in [5, 5.41) is 0. The van der Waals surface area contributed by atoms with Gasteiger partial charge in [-0.25, -0.2) is 14.2 Å². The van der Waals surface area contributed by atoms with Gasteiger partial charge in [0.1, 0.15) is 5.82 Å². The molecule has 0 aliphatic heterocycles. The molecule has 0 saturated heterocycles. The number of hydrogen-bond acceptors (Lipinski definition) is 3. The van der Waals surface area contributed by atoms with Crippen molar-refractivity contribution in [1.29, 1.82) is 0 Å². The number of halogens is 1. The molecule has 70 valence electrons. The van der Waals surface area contributed by atoms with E-state index in [1.54, 1.807) is 6.07 Å². The molecule has 0 fully saturated rings. The summed E-state index contributed by atoms with van der Waals surface area (Å²) in [6, 6.07) is 2.87. The summed E-state index contributed by atoms with van der Waals surface area (Å²) >= 11 is 0. The van der Waals surface area contributed by atoms with E-state index in [4.69, 9.17) is 0 Å². The molecule has 0 saturated carbocycles. The number of nitrogens with zero attached hydrogens (tertiary/aromatic N) is 2. The maximum absolute atomic E-state index is 12.8. The molecule has 0 atom stereocenters. The third-order valence-corrected chi connectivity index (χ3v) is 1.69. The van der Waals surface area contributed by atoms with Crippen LogP contribution in [-0.4, -0.2) is 15.0 Å². The number of H-pyrrole nitrogens is 1. The average Bonchev–Trinajstić information content (AvgIpc) is 2.18. The van der Waals surface area contributed by atoms with Crippen LogP contribution in [0.5, 0.6) is 0 Å². The summed E-state index contributed by atoms with van der Waals surface area (Å²) in [6.45, 7) is 0. The van der Waals surface area contributed by atoms with Crippen LogP contribution in [0.4, 0.5) is 4.39 Å². The van der Waals surface area contributed by atoms with Gasteiger partial charge in [0.15, 0.2) is 0 Å². The van der Waals surface area contributed by atoms with Gasteiger partial charge < -0.3 is 4.98 Å². The van der Waals surface area contributed by atoms with Crippen LogP contribution in [0.3, 0.4) is 0 Å². The molecule has 2 rings (SSSR count). The van der Waals surface area contributed by atoms with Crippen molar-refractivity contribution in [3.8, 4) is 11.3 Å². The molecule has 4 nitrogen and oxygen atoms in total. The molecule has 0 unspecified atom stereocenters. The Morgan fingerprint density at radius 2 is 2.21 bits per heavy atom. The van der Waals surface area contributed by atoms with Crippen molar-refractivity contribution in [2.75, 3.05) is 0 Å². The zero-order valence-electron chi connectivity index (χ0n) is 7.07. The molecule has 0 aliphatic carbocycles. The second-order valence-electron chi connectivity index (χ2n) is 2.68. The lowest BCUT2D eigenvalue weighted by atomic mass is 10.2. The second kappa shape index (κ2) is 3.37. The van der Waals surface area contributed by atoms with Crippen LogP contribution in [0, 0.1) is 5.82 Å². The van der Waals surface area contributed by atoms with Gasteiger partial charge in [0.25, 0.3) is 0 Å². The van der Waals surface area contributed by atoms with Gasteiger partial charge in [0.2, 0.25) is 0 Å². The molecule has 0 spiro atoms. The number of hydrogen-bond donors (Lipinski definition) is 1. The van der Waals surface area contributed by atoms with Crippen LogP contribution in [0.2, 0.25) is 0 Å². The molecule has 0 amide bonds. The van der Waals surface area contributed by atoms with Crippen molar-refractivity contribution < 1.29 is 4.39 Å². The molecule has 2 heterocycles. The summed E-state index contributed by atoms with van der Waals surface area (Å²) in [4.78, 5) is 20.5. The van der Waals surface area contributed by atoms with Crippen molar-refractivity contribution in [2.24, 2.45) is 0 Å². The molecule has 0 aromatic carbocycles. The highest BCUT2D eigenvalue weighted by molar-refractivity contribution is 5.56. The zero-order chi connectivity index (χ0) is 9.97. The van der Waals surface area contributed by atoms with E-state index in [1.807, 2.05) is 0 Å². The van der Waals surface area contributed by atoms with Gasteiger partial charge >= 0.3 is 5.69 Å². The largest absolute Gasteiger partial charge is 0.345 e. The molecule has 0 radical (unpaired) electrons. The normalized spacial score (nSPS) is 10.1. The fraction of sp³-hybridized carbons (Fsp3) is 0. The molecular formula is C9H6FN3O. The van der Waals surface area contributed by atoms with Crippen LogP contribution in [0.1, 0.15) is 0 Å². The lowest BCUT2D eigenvalue weighted by molar-refractivity contribution is 0.622. The maximum atomic E-state index is 12.8. The minimum atomic E-state index is -0.466. The first kappa shape index (κ1) is 8.55. The first-order valence-electron chi connectivity index (χ1n) is 3.92. The van der Waals surface area contributed by atoms with Gasteiger partial charge in [-0.15, -0.1) is 0 Å². The van der Waals surface area contributed by atoms with E-state index in [0.29, 0.717) is 11.3 Å². The smallest absolute Gasteiger partial charge is 0.305 e. The molecule has 14 heavy (non-hydrogen) atoms. The molecule has 1 N–H and O–H groups in total. The summed E-state index contributed by atoms with van der Waals surface area (Å²) in [7, 11) is 0. The monoisotopic (exact) mass is 191 g/mol. The van der Waals surface area contributed by atoms with Crippen molar-refractivity contribution in [1.82, 2.24) is 15.0 Å². The maximum Gasteiger partial charge on any atom is 0.345 e. The Balaban J connectivity index is 2.55. The van der Waals surface area contributed by atoms with Crippen molar-refractivity contribution in [3.63, 3.8) is 0 Å². The van der Waals surface area contributed by atoms with Crippen LogP contribution in [-0.2, 0) is 0 Å². The Kier molecular flexibility index (Phi) is 2.06. The summed E-state index contributed by atoms with van der Waals surface area (Å²) in [6.07, 6.45) is 3.93. The molecule has 0 aliphatic rings. The Morgan fingerprint density at radius 3 is 2.93 bits per heavy atom. The van der Waals surface area contributed by atoms with Crippen LogP contribution < -0.4 is 5.69 Å². The van der Waals surface area contributed by atoms with Gasteiger partial charge in [0.05, 0.1) is 11.9 Å². The lowest BCUT2D eigenvalue weighted by Crippen LogP contribution is -2.09. The molecule has 2 aromatic rings. The molecule has 2 aromatic heterocycles. The molecule has 0 bridgehead atoms. The fourth-order valence-electron chi connectivity index (χ4n) is 1.10. The first-order valence-corrected chi connectivity index (χ1v) is 3.92. The Labute approximate surface area is 78.5 Å². The third-order valence-electron chi connectivity index (χ3n) is 1.69. The predicted octanol–water partition coefficient (Wildman–Crippen LogP) is 0.971. The minimum absolute atomic E-state index is 0.444. The predicted molar refractivity (Wildman–Crippen MR) is 48.0 cm³/mol. The lowest BCUT2D eigenvalue weighted by Gasteiger charge is -1.98. The van der Waals surface area contributed by atoms with Gasteiger partial charge in [0, 0.05) is 18.0 Å². The van der Waals surface area contributed by atoms with Crippen LogP contribution in [0.25, 0.3) is 11.3 Å². The number of aromatic amines is 1.